The fourth-order valence-electron chi connectivity index (χ4n) is 5.88. The highest BCUT2D eigenvalue weighted by Crippen LogP contribution is 2.38. The Morgan fingerprint density at radius 3 is 2.42 bits per heavy atom. The van der Waals surface area contributed by atoms with Crippen LogP contribution in [0.15, 0.2) is 59.5 Å². The van der Waals surface area contributed by atoms with E-state index in [-0.39, 0.29) is 5.56 Å². The van der Waals surface area contributed by atoms with Crippen molar-refractivity contribution in [3.05, 3.63) is 97.8 Å². The first kappa shape index (κ1) is 38.1. The van der Waals surface area contributed by atoms with E-state index in [1.54, 1.807) is 17.1 Å². The number of carboxylic acids is 1. The number of rotatable bonds is 16. The second-order valence-electron chi connectivity index (χ2n) is 12.4. The number of anilines is 1. The highest BCUT2D eigenvalue weighted by Gasteiger charge is 2.19. The van der Waals surface area contributed by atoms with Gasteiger partial charge in [-0.1, -0.05) is 35.3 Å². The molecule has 0 radical (unpaired) electrons. The average Bonchev–Trinajstić information content (AvgIpc) is 3.38. The first-order chi connectivity index (χ1) is 23.8. The molecule has 1 heterocycles. The molecule has 1 amide bonds. The molecule has 0 atom stereocenters. The number of carbonyl (C=O) groups excluding carboxylic acids is 1. The van der Waals surface area contributed by atoms with Gasteiger partial charge in [-0.15, -0.1) is 0 Å². The molecule has 0 aliphatic rings. The molecule has 264 valence electrons. The summed E-state index contributed by atoms with van der Waals surface area (Å²) in [6, 6.07) is 13.0. The monoisotopic (exact) mass is 717 g/mol. The van der Waals surface area contributed by atoms with E-state index in [4.69, 9.17) is 27.9 Å². The number of amides is 1. The number of ether oxygens (including phenoxy) is 1. The molecule has 0 bridgehead atoms. The first-order valence-corrected chi connectivity index (χ1v) is 17.2. The van der Waals surface area contributed by atoms with Gasteiger partial charge in [0.1, 0.15) is 5.75 Å². The summed E-state index contributed by atoms with van der Waals surface area (Å²) in [4.78, 5) is 23.4. The van der Waals surface area contributed by atoms with Gasteiger partial charge in [0.05, 0.1) is 17.9 Å². The predicted octanol–water partition coefficient (Wildman–Crippen LogP) is 9.05. The fourth-order valence-corrected chi connectivity index (χ4v) is 6.20. The zero-order chi connectivity index (χ0) is 36.5. The normalized spacial score (nSPS) is 11.8. The Hall–Kier alpha value is -4.73. The van der Waals surface area contributed by atoms with E-state index in [0.717, 1.165) is 66.8 Å². The van der Waals surface area contributed by atoms with Crippen LogP contribution in [0.1, 0.15) is 71.8 Å². The number of benzene rings is 3. The van der Waals surface area contributed by atoms with Crippen LogP contribution < -0.4 is 15.4 Å². The van der Waals surface area contributed by atoms with Crippen molar-refractivity contribution in [3.8, 4) is 5.75 Å². The van der Waals surface area contributed by atoms with Crippen molar-refractivity contribution in [2.75, 3.05) is 32.1 Å². The van der Waals surface area contributed by atoms with E-state index in [1.165, 1.54) is 0 Å². The van der Waals surface area contributed by atoms with Gasteiger partial charge >= 0.3 is 5.97 Å². The summed E-state index contributed by atoms with van der Waals surface area (Å²) in [5.74, 6) is -0.239. The van der Waals surface area contributed by atoms with E-state index in [1.807, 2.05) is 95.9 Å². The summed E-state index contributed by atoms with van der Waals surface area (Å²) in [7, 11) is 3.79. The van der Waals surface area contributed by atoms with Gasteiger partial charge in [0.2, 0.25) is 6.41 Å². The van der Waals surface area contributed by atoms with Crippen molar-refractivity contribution in [2.45, 2.75) is 47.5 Å². The SMILES string of the molecule is CC(C)=NN(C)/C(C)=C/c1c(Cl)ccc(/C(=C/c2cn(C)c3cccc(C(=O)O)c23)CCCOc2cc(C)c(Cl)c(C)c2)c1NCCNC=O. The largest absolute Gasteiger partial charge is 0.494 e. The third-order valence-corrected chi connectivity index (χ3v) is 9.21. The summed E-state index contributed by atoms with van der Waals surface area (Å²) in [5, 5.41) is 24.6. The molecule has 50 heavy (non-hydrogen) atoms. The third-order valence-electron chi connectivity index (χ3n) is 8.28. The van der Waals surface area contributed by atoms with Crippen LogP contribution in [-0.4, -0.2) is 59.5 Å². The van der Waals surface area contributed by atoms with Crippen molar-refractivity contribution < 1.29 is 19.4 Å². The van der Waals surface area contributed by atoms with Crippen LogP contribution in [-0.2, 0) is 11.8 Å². The lowest BCUT2D eigenvalue weighted by atomic mass is 9.93. The molecule has 0 saturated heterocycles. The molecule has 9 nitrogen and oxygen atoms in total. The highest BCUT2D eigenvalue weighted by molar-refractivity contribution is 6.33. The Balaban J connectivity index is 1.87. The molecule has 0 unspecified atom stereocenters. The maximum Gasteiger partial charge on any atom is 0.336 e. The van der Waals surface area contributed by atoms with Gasteiger partial charge in [-0.05, 0) is 107 Å². The smallest absolute Gasteiger partial charge is 0.336 e. The number of aromatic nitrogens is 1. The molecular formula is C39H45Cl2N5O4. The van der Waals surface area contributed by atoms with Crippen LogP contribution in [0.3, 0.4) is 0 Å². The van der Waals surface area contributed by atoms with Gasteiger partial charge in [0, 0.05) is 82.4 Å². The van der Waals surface area contributed by atoms with E-state index >= 15 is 0 Å². The minimum Gasteiger partial charge on any atom is -0.494 e. The third kappa shape index (κ3) is 9.28. The van der Waals surface area contributed by atoms with E-state index in [2.05, 4.69) is 21.8 Å². The molecule has 1 aromatic heterocycles. The fraction of sp³-hybridized carbons (Fsp3) is 0.308. The van der Waals surface area contributed by atoms with Crippen LogP contribution in [0.25, 0.3) is 28.6 Å². The zero-order valence-corrected chi connectivity index (χ0v) is 31.2. The lowest BCUT2D eigenvalue weighted by Gasteiger charge is -2.21. The molecule has 0 aliphatic carbocycles. The van der Waals surface area contributed by atoms with Crippen LogP contribution in [0.5, 0.6) is 5.75 Å². The number of hydrogen-bond donors (Lipinski definition) is 3. The van der Waals surface area contributed by atoms with Crippen LogP contribution in [0.2, 0.25) is 10.0 Å². The van der Waals surface area contributed by atoms with Gasteiger partial charge in [0.25, 0.3) is 0 Å². The predicted molar refractivity (Wildman–Crippen MR) is 208 cm³/mol. The van der Waals surface area contributed by atoms with Gasteiger partial charge in [-0.3, -0.25) is 9.80 Å². The number of carboxylic acid groups (broad SMARTS) is 1. The molecule has 3 aromatic carbocycles. The van der Waals surface area contributed by atoms with Crippen LogP contribution in [0, 0.1) is 13.8 Å². The number of aryl methyl sites for hydroxylation is 3. The summed E-state index contributed by atoms with van der Waals surface area (Å²) in [6.45, 7) is 11.0. The second-order valence-corrected chi connectivity index (χ2v) is 13.2. The quantitative estimate of drug-likeness (QED) is 0.0462. The molecule has 3 N–H and O–H groups in total. The maximum atomic E-state index is 12.3. The van der Waals surface area contributed by atoms with Crippen molar-refractivity contribution >= 4 is 75.6 Å². The number of aromatic carboxylic acids is 1. The van der Waals surface area contributed by atoms with Crippen molar-refractivity contribution in [1.29, 1.82) is 0 Å². The molecule has 4 rings (SSSR count). The zero-order valence-electron chi connectivity index (χ0n) is 29.7. The average molecular weight is 719 g/mol. The minimum atomic E-state index is -0.992. The van der Waals surface area contributed by atoms with Crippen LogP contribution >= 0.6 is 23.2 Å². The Morgan fingerprint density at radius 2 is 1.76 bits per heavy atom. The molecule has 0 spiro atoms. The Bertz CT molecular complexity index is 1950. The molecule has 4 aromatic rings. The van der Waals surface area contributed by atoms with E-state index < -0.39 is 5.97 Å². The number of fused-ring (bicyclic) bond motifs is 1. The van der Waals surface area contributed by atoms with E-state index in [9.17, 15) is 14.7 Å². The number of nitrogens with zero attached hydrogens (tertiary/aromatic N) is 3. The summed E-state index contributed by atoms with van der Waals surface area (Å²) in [6.07, 6.45) is 7.92. The Labute approximate surface area is 304 Å². The number of hydrogen-bond acceptors (Lipinski definition) is 6. The van der Waals surface area contributed by atoms with Gasteiger partial charge in [0.15, 0.2) is 0 Å². The topological polar surface area (TPSA) is 108 Å². The lowest BCUT2D eigenvalue weighted by molar-refractivity contribution is -0.109. The number of halogens is 2. The second kappa shape index (κ2) is 17.3. The number of allylic oxidation sites excluding steroid dienone is 2. The standard InChI is InChI=1S/C39H45Cl2N5O4/c1-24(2)44-46(7)27(5)20-33-34(40)14-13-31(38(33)43-16-15-42-23-47)28(10-9-17-50-30-18-25(3)37(41)26(4)19-30)21-29-22-45(6)35-12-8-11-32(36(29)35)39(48)49/h8,11-14,18-23,43H,9-10,15-17H2,1-7H3,(H,42,47)(H,48,49)/b27-20+,28-21+. The Morgan fingerprint density at radius 1 is 1.04 bits per heavy atom. The number of hydrazone groups is 1. The lowest BCUT2D eigenvalue weighted by Crippen LogP contribution is -2.21. The van der Waals surface area contributed by atoms with Crippen molar-refractivity contribution in [2.24, 2.45) is 12.1 Å². The minimum absolute atomic E-state index is 0.231. The van der Waals surface area contributed by atoms with Crippen molar-refractivity contribution in [1.82, 2.24) is 14.9 Å². The first-order valence-electron chi connectivity index (χ1n) is 16.4. The molecule has 0 fully saturated rings. The van der Waals surface area contributed by atoms with Gasteiger partial charge < -0.3 is 25.0 Å². The number of nitrogens with one attached hydrogen (secondary N) is 2. The highest BCUT2D eigenvalue weighted by atomic mass is 35.5. The van der Waals surface area contributed by atoms with Gasteiger partial charge in [-0.2, -0.15) is 5.10 Å². The molecule has 11 heteroatoms. The Kier molecular flexibility index (Phi) is 13.2. The molecule has 0 saturated carbocycles. The van der Waals surface area contributed by atoms with Crippen LogP contribution in [0.4, 0.5) is 5.69 Å². The molecular weight excluding hydrogens is 673 g/mol. The number of carbonyl (C=O) groups is 2. The van der Waals surface area contributed by atoms with Crippen molar-refractivity contribution in [3.63, 3.8) is 0 Å². The maximum absolute atomic E-state index is 12.3. The molecule has 0 aliphatic heterocycles. The summed E-state index contributed by atoms with van der Waals surface area (Å²) >= 11 is 13.3. The van der Waals surface area contributed by atoms with E-state index in [0.29, 0.717) is 49.4 Å². The summed E-state index contributed by atoms with van der Waals surface area (Å²) in [5.41, 5.74) is 8.90. The summed E-state index contributed by atoms with van der Waals surface area (Å²) < 4.78 is 8.13. The van der Waals surface area contributed by atoms with Gasteiger partial charge in [-0.25, -0.2) is 4.79 Å².